The highest BCUT2D eigenvalue weighted by Gasteiger charge is 2.45. The Labute approximate surface area is 233 Å². The number of carbonyl (C=O) groups is 1. The normalized spacial score (nSPS) is 22.2. The van der Waals surface area contributed by atoms with Gasteiger partial charge in [-0.1, -0.05) is 12.1 Å². The van der Waals surface area contributed by atoms with Gasteiger partial charge in [0.15, 0.2) is 0 Å². The molecule has 0 aliphatic carbocycles. The maximum absolute atomic E-state index is 15.3. The number of aromatic nitrogens is 1. The molecular formula is C30H38F3N3O4. The van der Waals surface area contributed by atoms with Crippen molar-refractivity contribution in [3.63, 3.8) is 0 Å². The first kappa shape index (κ1) is 28.8. The first-order valence-electron chi connectivity index (χ1n) is 14.3. The molecular weight excluding hydrogens is 523 g/mol. The highest BCUT2D eigenvalue weighted by Crippen LogP contribution is 2.40. The van der Waals surface area contributed by atoms with Gasteiger partial charge in [0.1, 0.15) is 17.7 Å². The van der Waals surface area contributed by atoms with Crippen LogP contribution in [0.3, 0.4) is 0 Å². The Kier molecular flexibility index (Phi) is 9.27. The maximum Gasteiger partial charge on any atom is 0.325 e. The number of rotatable bonds is 12. The number of carboxylic acid groups (broad SMARTS) is 1. The second-order valence-corrected chi connectivity index (χ2v) is 11.2. The van der Waals surface area contributed by atoms with Crippen molar-refractivity contribution in [2.24, 2.45) is 5.92 Å². The lowest BCUT2D eigenvalue weighted by molar-refractivity contribution is -0.143. The number of likely N-dealkylation sites (tertiary alicyclic amines) is 1. The number of nitrogens with one attached hydrogen (secondary N) is 1. The number of fused-ring (bicyclic) bond motifs is 1. The summed E-state index contributed by atoms with van der Waals surface area (Å²) in [6, 6.07) is 6.81. The number of aliphatic carboxylic acids is 1. The van der Waals surface area contributed by atoms with Gasteiger partial charge in [-0.25, -0.2) is 18.2 Å². The number of unbranched alkanes of at least 4 members (excludes halogenated alkanes) is 1. The minimum atomic E-state index is -2.92. The third-order valence-corrected chi connectivity index (χ3v) is 8.33. The van der Waals surface area contributed by atoms with E-state index in [2.05, 4.69) is 16.4 Å². The number of hydrogen-bond donors (Lipinski definition) is 2. The van der Waals surface area contributed by atoms with Crippen LogP contribution in [0.4, 0.5) is 19.0 Å². The van der Waals surface area contributed by atoms with E-state index in [0.29, 0.717) is 38.0 Å². The summed E-state index contributed by atoms with van der Waals surface area (Å²) in [5, 5.41) is 13.4. The van der Waals surface area contributed by atoms with Gasteiger partial charge < -0.3 is 19.9 Å². The zero-order valence-corrected chi connectivity index (χ0v) is 22.7. The number of halogens is 3. The second kappa shape index (κ2) is 12.9. The zero-order chi connectivity index (χ0) is 28.1. The van der Waals surface area contributed by atoms with Gasteiger partial charge in [-0.15, -0.1) is 0 Å². The van der Waals surface area contributed by atoms with Crippen molar-refractivity contribution in [2.75, 3.05) is 38.2 Å². The number of anilines is 1. The molecule has 10 heteroatoms. The van der Waals surface area contributed by atoms with Crippen molar-refractivity contribution in [1.29, 1.82) is 0 Å². The second-order valence-electron chi connectivity index (χ2n) is 11.2. The molecule has 2 N–H and O–H groups in total. The highest BCUT2D eigenvalue weighted by molar-refractivity contribution is 5.76. The first-order valence-corrected chi connectivity index (χ1v) is 14.3. The average Bonchev–Trinajstić information content (AvgIpc) is 3.64. The molecule has 1 aromatic carbocycles. The van der Waals surface area contributed by atoms with Gasteiger partial charge in [0.05, 0.1) is 19.3 Å². The summed E-state index contributed by atoms with van der Waals surface area (Å²) < 4.78 is 56.0. The van der Waals surface area contributed by atoms with Crippen molar-refractivity contribution in [2.45, 2.75) is 76.0 Å². The lowest BCUT2D eigenvalue weighted by Gasteiger charge is -2.28. The Morgan fingerprint density at radius 1 is 1.25 bits per heavy atom. The predicted octanol–water partition coefficient (Wildman–Crippen LogP) is 5.38. The smallest absolute Gasteiger partial charge is 0.325 e. The summed E-state index contributed by atoms with van der Waals surface area (Å²) in [5.74, 6) is -4.72. The third-order valence-electron chi connectivity index (χ3n) is 8.33. The molecule has 0 bridgehead atoms. The number of nitrogens with zero attached hydrogens (tertiary/aromatic N) is 2. The monoisotopic (exact) mass is 561 g/mol. The van der Waals surface area contributed by atoms with Crippen molar-refractivity contribution < 1.29 is 32.5 Å². The lowest BCUT2D eigenvalue weighted by Crippen LogP contribution is -2.36. The van der Waals surface area contributed by atoms with Crippen molar-refractivity contribution in [1.82, 2.24) is 9.88 Å². The van der Waals surface area contributed by atoms with E-state index in [1.54, 1.807) is 4.90 Å². The summed E-state index contributed by atoms with van der Waals surface area (Å²) in [4.78, 5) is 18.6. The van der Waals surface area contributed by atoms with E-state index in [4.69, 9.17) is 9.47 Å². The fraction of sp³-hybridized carbons (Fsp3) is 0.600. The molecule has 3 unspecified atom stereocenters. The molecule has 0 radical (unpaired) electrons. The van der Waals surface area contributed by atoms with E-state index >= 15 is 8.78 Å². The average molecular weight is 562 g/mol. The number of ether oxygens (including phenoxy) is 2. The van der Waals surface area contributed by atoms with Gasteiger partial charge in [0.25, 0.3) is 5.92 Å². The van der Waals surface area contributed by atoms with Crippen LogP contribution in [0.1, 0.15) is 67.0 Å². The molecule has 218 valence electrons. The van der Waals surface area contributed by atoms with E-state index < -0.39 is 29.7 Å². The van der Waals surface area contributed by atoms with Crippen molar-refractivity contribution in [3.8, 4) is 0 Å². The fourth-order valence-electron chi connectivity index (χ4n) is 6.04. The molecule has 3 aliphatic heterocycles. The van der Waals surface area contributed by atoms with Crippen molar-refractivity contribution in [3.05, 3.63) is 58.5 Å². The molecule has 2 saturated heterocycles. The Hall–Kier alpha value is -2.69. The van der Waals surface area contributed by atoms with Crippen LogP contribution in [0.15, 0.2) is 30.3 Å². The van der Waals surface area contributed by atoms with Crippen LogP contribution >= 0.6 is 0 Å². The van der Waals surface area contributed by atoms with Crippen LogP contribution in [0.5, 0.6) is 0 Å². The summed E-state index contributed by atoms with van der Waals surface area (Å²) in [6.45, 7) is 2.22. The topological polar surface area (TPSA) is 83.9 Å². The molecule has 0 amide bonds. The van der Waals surface area contributed by atoms with Gasteiger partial charge in [-0.05, 0) is 86.4 Å². The Morgan fingerprint density at radius 2 is 2.12 bits per heavy atom. The maximum atomic E-state index is 15.3. The highest BCUT2D eigenvalue weighted by atomic mass is 19.3. The number of hydrogen-bond acceptors (Lipinski definition) is 6. The van der Waals surface area contributed by atoms with Crippen LogP contribution in [0.25, 0.3) is 0 Å². The standard InChI is InChI=1S/C30H38F3N3O4/c31-23-8-6-21(18-40-25-11-15-39-19-25)26(16-23)27(29(37)38)36-14-10-22(17-36)30(32,33)12-2-1-5-24-9-7-20-4-3-13-34-28(20)35-24/h6-9,16,22,25,27H,1-5,10-15,17-19H2,(H,34,35)(H,37,38). The molecule has 1 aromatic heterocycles. The quantitative estimate of drug-likeness (QED) is 0.337. The van der Waals surface area contributed by atoms with Gasteiger partial charge in [-0.2, -0.15) is 0 Å². The first-order chi connectivity index (χ1) is 19.3. The van der Waals surface area contributed by atoms with E-state index in [1.165, 1.54) is 23.8 Å². The number of aryl methyl sites for hydroxylation is 2. The van der Waals surface area contributed by atoms with Gasteiger partial charge in [0.2, 0.25) is 0 Å². The summed E-state index contributed by atoms with van der Waals surface area (Å²) in [6.07, 6.45) is 4.27. The molecule has 2 aromatic rings. The summed E-state index contributed by atoms with van der Waals surface area (Å²) in [7, 11) is 0. The van der Waals surface area contributed by atoms with Gasteiger partial charge in [0, 0.05) is 37.7 Å². The predicted molar refractivity (Wildman–Crippen MR) is 144 cm³/mol. The molecule has 5 rings (SSSR count). The van der Waals surface area contributed by atoms with E-state index in [-0.39, 0.29) is 44.2 Å². The lowest BCUT2D eigenvalue weighted by atomic mass is 9.94. The van der Waals surface area contributed by atoms with Gasteiger partial charge in [-0.3, -0.25) is 9.69 Å². The van der Waals surface area contributed by atoms with Crippen LogP contribution in [-0.4, -0.2) is 65.8 Å². The minimum Gasteiger partial charge on any atom is -0.480 e. The molecule has 7 nitrogen and oxygen atoms in total. The summed E-state index contributed by atoms with van der Waals surface area (Å²) in [5.41, 5.74) is 2.90. The summed E-state index contributed by atoms with van der Waals surface area (Å²) >= 11 is 0. The van der Waals surface area contributed by atoms with Crippen LogP contribution in [-0.2, 0) is 33.7 Å². The van der Waals surface area contributed by atoms with Crippen LogP contribution < -0.4 is 5.32 Å². The number of benzene rings is 1. The largest absolute Gasteiger partial charge is 0.480 e. The van der Waals surface area contributed by atoms with E-state index in [0.717, 1.165) is 37.3 Å². The molecule has 40 heavy (non-hydrogen) atoms. The number of alkyl halides is 2. The molecule has 4 heterocycles. The van der Waals surface area contributed by atoms with Crippen molar-refractivity contribution >= 4 is 11.8 Å². The number of pyridine rings is 1. The van der Waals surface area contributed by atoms with E-state index in [1.807, 2.05) is 6.07 Å². The van der Waals surface area contributed by atoms with E-state index in [9.17, 15) is 14.3 Å². The van der Waals surface area contributed by atoms with Gasteiger partial charge >= 0.3 is 5.97 Å². The SMILES string of the molecule is O=C(O)C(c1cc(F)ccc1COC1CCOC1)N1CCC(C(F)(F)CCCCc2ccc3c(n2)NCCC3)C1. The molecule has 2 fully saturated rings. The van der Waals surface area contributed by atoms with Crippen LogP contribution in [0.2, 0.25) is 0 Å². The van der Waals surface area contributed by atoms with Crippen LogP contribution in [0, 0.1) is 11.7 Å². The fourth-order valence-corrected chi connectivity index (χ4v) is 6.04. The third kappa shape index (κ3) is 6.95. The molecule has 3 aliphatic rings. The zero-order valence-electron chi connectivity index (χ0n) is 22.7. The Bertz CT molecular complexity index is 1170. The Morgan fingerprint density at radius 3 is 2.92 bits per heavy atom. The molecule has 3 atom stereocenters. The molecule has 0 spiro atoms. The number of carboxylic acids is 1. The minimum absolute atomic E-state index is 0.0602. The molecule has 0 saturated carbocycles. The Balaban J connectivity index is 1.17.